The molecule has 3 nitrogen and oxygen atoms in total. The molecule has 6 heteroatoms. The molecule has 0 fully saturated rings. The Hall–Kier alpha value is -0.420. The van der Waals surface area contributed by atoms with Gasteiger partial charge < -0.3 is 5.11 Å². The van der Waals surface area contributed by atoms with Crippen molar-refractivity contribution in [3.8, 4) is 0 Å². The second-order valence-electron chi connectivity index (χ2n) is 5.11. The zero-order valence-corrected chi connectivity index (χ0v) is 14.1. The van der Waals surface area contributed by atoms with Crippen molar-refractivity contribution in [2.75, 3.05) is 5.75 Å². The van der Waals surface area contributed by atoms with E-state index in [-0.39, 0.29) is 6.04 Å². The van der Waals surface area contributed by atoms with Crippen molar-refractivity contribution in [2.24, 2.45) is 0 Å². The smallest absolute Gasteiger partial charge is 0.323 e. The van der Waals surface area contributed by atoms with Crippen LogP contribution in [0.3, 0.4) is 0 Å². The topological polar surface area (TPSA) is 49.3 Å². The summed E-state index contributed by atoms with van der Waals surface area (Å²) in [6, 6.07) is 5.54. The van der Waals surface area contributed by atoms with Gasteiger partial charge in [0.2, 0.25) is 0 Å². The first-order valence-corrected chi connectivity index (χ1v) is 8.07. The molecule has 1 aromatic carbocycles. The van der Waals surface area contributed by atoms with Crippen LogP contribution in [0.15, 0.2) is 23.1 Å². The van der Waals surface area contributed by atoms with E-state index in [4.69, 9.17) is 23.2 Å². The lowest BCUT2D eigenvalue weighted by Crippen LogP contribution is -2.52. The Morgan fingerprint density at radius 2 is 2.05 bits per heavy atom. The molecule has 0 amide bonds. The number of benzene rings is 1. The number of hydrogen-bond donors (Lipinski definition) is 2. The molecule has 112 valence electrons. The first kappa shape index (κ1) is 17.6. The van der Waals surface area contributed by atoms with Crippen LogP contribution in [0.4, 0.5) is 0 Å². The second kappa shape index (κ2) is 7.55. The third kappa shape index (κ3) is 5.17. The van der Waals surface area contributed by atoms with Gasteiger partial charge in [-0.05, 0) is 45.4 Å². The molecule has 0 spiro atoms. The van der Waals surface area contributed by atoms with Crippen molar-refractivity contribution >= 4 is 40.9 Å². The molecule has 1 atom stereocenters. The number of carboxylic acid groups (broad SMARTS) is 1. The van der Waals surface area contributed by atoms with Gasteiger partial charge in [0.1, 0.15) is 5.54 Å². The molecule has 2 N–H and O–H groups in total. The van der Waals surface area contributed by atoms with Gasteiger partial charge >= 0.3 is 5.97 Å². The maximum absolute atomic E-state index is 11.4. The highest BCUT2D eigenvalue weighted by atomic mass is 35.5. The summed E-state index contributed by atoms with van der Waals surface area (Å²) in [5.41, 5.74) is -0.919. The molecule has 0 radical (unpaired) electrons. The number of hydrogen-bond acceptors (Lipinski definition) is 3. The number of halogens is 2. The van der Waals surface area contributed by atoms with Crippen LogP contribution >= 0.6 is 35.0 Å². The largest absolute Gasteiger partial charge is 0.480 e. The lowest BCUT2D eigenvalue weighted by Gasteiger charge is -2.28. The van der Waals surface area contributed by atoms with Gasteiger partial charge in [-0.2, -0.15) is 0 Å². The Morgan fingerprint density at radius 3 is 2.55 bits per heavy atom. The molecule has 0 aromatic heterocycles. The van der Waals surface area contributed by atoms with E-state index in [2.05, 4.69) is 5.32 Å². The monoisotopic (exact) mass is 335 g/mol. The molecular weight excluding hydrogens is 317 g/mol. The average molecular weight is 336 g/mol. The SMILES string of the molecule is CC(C)NC(C)(CCSc1ccc(Cl)c(Cl)c1)C(=O)O. The highest BCUT2D eigenvalue weighted by molar-refractivity contribution is 7.99. The zero-order valence-electron chi connectivity index (χ0n) is 11.7. The van der Waals surface area contributed by atoms with E-state index in [1.165, 1.54) is 0 Å². The second-order valence-corrected chi connectivity index (χ2v) is 7.09. The van der Waals surface area contributed by atoms with Crippen LogP contribution < -0.4 is 5.32 Å². The highest BCUT2D eigenvalue weighted by Crippen LogP contribution is 2.29. The third-order valence-corrected chi connectivity index (χ3v) is 4.58. The number of carboxylic acids is 1. The zero-order chi connectivity index (χ0) is 15.3. The molecule has 0 aliphatic heterocycles. The Labute approximate surface area is 134 Å². The maximum atomic E-state index is 11.4. The first-order valence-electron chi connectivity index (χ1n) is 6.33. The van der Waals surface area contributed by atoms with E-state index in [1.54, 1.807) is 30.8 Å². The molecule has 0 aliphatic rings. The van der Waals surface area contributed by atoms with E-state index >= 15 is 0 Å². The molecule has 20 heavy (non-hydrogen) atoms. The Morgan fingerprint density at radius 1 is 1.40 bits per heavy atom. The predicted octanol–water partition coefficient (Wildman–Crippen LogP) is 4.32. The summed E-state index contributed by atoms with van der Waals surface area (Å²) < 4.78 is 0. The van der Waals surface area contributed by atoms with Crippen LogP contribution in [0.2, 0.25) is 10.0 Å². The van der Waals surface area contributed by atoms with Crippen molar-refractivity contribution in [3.05, 3.63) is 28.2 Å². The minimum absolute atomic E-state index is 0.117. The van der Waals surface area contributed by atoms with Crippen molar-refractivity contribution in [3.63, 3.8) is 0 Å². The normalized spacial score (nSPS) is 14.3. The van der Waals surface area contributed by atoms with Gasteiger partial charge in [-0.3, -0.25) is 10.1 Å². The third-order valence-electron chi connectivity index (χ3n) is 2.84. The van der Waals surface area contributed by atoms with Crippen molar-refractivity contribution in [1.29, 1.82) is 0 Å². The summed E-state index contributed by atoms with van der Waals surface area (Å²) in [5.74, 6) is -0.151. The Bertz CT molecular complexity index is 482. The van der Waals surface area contributed by atoms with Crippen molar-refractivity contribution in [1.82, 2.24) is 5.32 Å². The molecule has 1 aromatic rings. The number of aliphatic carboxylic acids is 1. The van der Waals surface area contributed by atoms with Gasteiger partial charge in [0.15, 0.2) is 0 Å². The highest BCUT2D eigenvalue weighted by Gasteiger charge is 2.32. The van der Waals surface area contributed by atoms with Gasteiger partial charge in [-0.1, -0.05) is 23.2 Å². The van der Waals surface area contributed by atoms with E-state index in [9.17, 15) is 9.90 Å². The standard InChI is InChI=1S/C14H19Cl2NO2S/c1-9(2)17-14(3,13(18)19)6-7-20-10-4-5-11(15)12(16)8-10/h4-5,8-9,17H,6-7H2,1-3H3,(H,18,19). The fraction of sp³-hybridized carbons (Fsp3) is 0.500. The van der Waals surface area contributed by atoms with Gasteiger partial charge in [-0.25, -0.2) is 0 Å². The molecule has 1 unspecified atom stereocenters. The first-order chi connectivity index (χ1) is 9.24. The minimum Gasteiger partial charge on any atom is -0.480 e. The molecule has 0 saturated heterocycles. The van der Waals surface area contributed by atoms with Crippen LogP contribution in [-0.4, -0.2) is 28.4 Å². The summed E-state index contributed by atoms with van der Waals surface area (Å²) >= 11 is 13.4. The summed E-state index contributed by atoms with van der Waals surface area (Å²) in [7, 11) is 0. The molecule has 0 heterocycles. The minimum atomic E-state index is -0.919. The Kier molecular flexibility index (Phi) is 6.65. The van der Waals surface area contributed by atoms with Gasteiger partial charge in [0, 0.05) is 16.7 Å². The van der Waals surface area contributed by atoms with Gasteiger partial charge in [0.05, 0.1) is 10.0 Å². The lowest BCUT2D eigenvalue weighted by molar-refractivity contribution is -0.144. The number of rotatable bonds is 7. The lowest BCUT2D eigenvalue weighted by atomic mass is 9.98. The molecular formula is C14H19Cl2NO2S. The molecule has 0 bridgehead atoms. The van der Waals surface area contributed by atoms with Crippen LogP contribution in [-0.2, 0) is 4.79 Å². The molecule has 0 aliphatic carbocycles. The molecule has 1 rings (SSSR count). The average Bonchev–Trinajstić information content (AvgIpc) is 2.32. The predicted molar refractivity (Wildman–Crippen MR) is 86.1 cm³/mol. The Balaban J connectivity index is 2.60. The van der Waals surface area contributed by atoms with E-state index < -0.39 is 11.5 Å². The van der Waals surface area contributed by atoms with Gasteiger partial charge in [-0.15, -0.1) is 11.8 Å². The van der Waals surface area contributed by atoms with E-state index in [1.807, 2.05) is 19.9 Å². The van der Waals surface area contributed by atoms with Crippen LogP contribution in [0.5, 0.6) is 0 Å². The number of carbonyl (C=O) groups is 1. The van der Waals surface area contributed by atoms with Crippen LogP contribution in [0, 0.1) is 0 Å². The summed E-state index contributed by atoms with van der Waals surface area (Å²) in [6.07, 6.45) is 0.519. The van der Waals surface area contributed by atoms with E-state index in [0.29, 0.717) is 22.2 Å². The van der Waals surface area contributed by atoms with E-state index in [0.717, 1.165) is 4.90 Å². The molecule has 0 saturated carbocycles. The van der Waals surface area contributed by atoms with Crippen molar-refractivity contribution in [2.45, 2.75) is 43.7 Å². The van der Waals surface area contributed by atoms with Crippen molar-refractivity contribution < 1.29 is 9.90 Å². The number of thioether (sulfide) groups is 1. The quantitative estimate of drug-likeness (QED) is 0.728. The summed E-state index contributed by atoms with van der Waals surface area (Å²) in [4.78, 5) is 12.4. The van der Waals surface area contributed by atoms with Crippen LogP contribution in [0.25, 0.3) is 0 Å². The fourth-order valence-corrected chi connectivity index (χ4v) is 3.29. The fourth-order valence-electron chi connectivity index (χ4n) is 1.82. The number of nitrogens with one attached hydrogen (secondary N) is 1. The summed E-state index contributed by atoms with van der Waals surface area (Å²) in [6.45, 7) is 5.59. The maximum Gasteiger partial charge on any atom is 0.323 e. The van der Waals surface area contributed by atoms with Crippen LogP contribution in [0.1, 0.15) is 27.2 Å². The van der Waals surface area contributed by atoms with Gasteiger partial charge in [0.25, 0.3) is 0 Å². The summed E-state index contributed by atoms with van der Waals surface area (Å²) in [5, 5.41) is 13.5.